The number of likely N-dealkylation sites (tertiary alicyclic amines) is 1. The van der Waals surface area contributed by atoms with Crippen molar-refractivity contribution in [1.82, 2.24) is 10.2 Å². The Kier molecular flexibility index (Phi) is 5.47. The van der Waals surface area contributed by atoms with Crippen LogP contribution >= 0.6 is 0 Å². The van der Waals surface area contributed by atoms with Gasteiger partial charge in [-0.25, -0.2) is 0 Å². The molecular formula is C15H21F3N2O. The summed E-state index contributed by atoms with van der Waals surface area (Å²) >= 11 is 0. The predicted molar refractivity (Wildman–Crippen MR) is 75.3 cm³/mol. The van der Waals surface area contributed by atoms with E-state index >= 15 is 0 Å². The summed E-state index contributed by atoms with van der Waals surface area (Å²) in [5.41, 5.74) is 1.13. The monoisotopic (exact) mass is 302 g/mol. The first-order chi connectivity index (χ1) is 9.92. The number of rotatable bonds is 5. The lowest BCUT2D eigenvalue weighted by molar-refractivity contribution is -0.148. The number of phenols is 1. The van der Waals surface area contributed by atoms with Gasteiger partial charge in [-0.1, -0.05) is 12.1 Å². The Balaban J connectivity index is 1.64. The number of phenolic OH excluding ortho intramolecular Hbond substituents is 1. The molecule has 0 atom stereocenters. The molecule has 0 amide bonds. The highest BCUT2D eigenvalue weighted by molar-refractivity contribution is 5.25. The molecule has 0 bridgehead atoms. The van der Waals surface area contributed by atoms with Gasteiger partial charge in [-0.05, 0) is 56.6 Å². The van der Waals surface area contributed by atoms with Crippen LogP contribution in [0.2, 0.25) is 0 Å². The van der Waals surface area contributed by atoms with Gasteiger partial charge in [-0.2, -0.15) is 13.2 Å². The first-order valence-corrected chi connectivity index (χ1v) is 7.23. The summed E-state index contributed by atoms with van der Waals surface area (Å²) in [5.74, 6) is 0.253. The molecule has 1 heterocycles. The zero-order chi connectivity index (χ0) is 15.3. The molecule has 118 valence electrons. The zero-order valence-corrected chi connectivity index (χ0v) is 11.9. The molecule has 2 N–H and O–H groups in total. The third-order valence-electron chi connectivity index (χ3n) is 3.77. The number of aromatic hydroxyl groups is 1. The lowest BCUT2D eigenvalue weighted by atomic mass is 10.0. The van der Waals surface area contributed by atoms with Crippen LogP contribution in [-0.2, 0) is 6.42 Å². The summed E-state index contributed by atoms with van der Waals surface area (Å²) in [7, 11) is 0. The average molecular weight is 302 g/mol. The van der Waals surface area contributed by atoms with Crippen molar-refractivity contribution in [3.8, 4) is 5.75 Å². The van der Waals surface area contributed by atoms with Crippen LogP contribution in [0.1, 0.15) is 18.4 Å². The van der Waals surface area contributed by atoms with Crippen molar-refractivity contribution < 1.29 is 18.3 Å². The number of nitrogens with zero attached hydrogens (tertiary/aromatic N) is 1. The van der Waals surface area contributed by atoms with Crippen molar-refractivity contribution in [1.29, 1.82) is 0 Å². The average Bonchev–Trinajstić information content (AvgIpc) is 2.41. The molecule has 1 aliphatic rings. The highest BCUT2D eigenvalue weighted by atomic mass is 19.4. The van der Waals surface area contributed by atoms with E-state index in [2.05, 4.69) is 5.32 Å². The first kappa shape index (κ1) is 16.1. The van der Waals surface area contributed by atoms with E-state index in [1.165, 1.54) is 4.90 Å². The van der Waals surface area contributed by atoms with E-state index in [0.29, 0.717) is 19.1 Å². The normalized spacial score (nSPS) is 18.0. The Morgan fingerprint density at radius 3 is 2.33 bits per heavy atom. The second-order valence-electron chi connectivity index (χ2n) is 5.54. The zero-order valence-electron chi connectivity index (χ0n) is 11.9. The van der Waals surface area contributed by atoms with Gasteiger partial charge in [-0.15, -0.1) is 0 Å². The van der Waals surface area contributed by atoms with Gasteiger partial charge < -0.3 is 10.4 Å². The number of alkyl halides is 3. The maximum atomic E-state index is 12.3. The molecule has 2 rings (SSSR count). The van der Waals surface area contributed by atoms with Crippen molar-refractivity contribution in [3.63, 3.8) is 0 Å². The quantitative estimate of drug-likeness (QED) is 0.877. The lowest BCUT2D eigenvalue weighted by Crippen LogP contribution is -2.45. The maximum absolute atomic E-state index is 12.3. The van der Waals surface area contributed by atoms with Gasteiger partial charge in [0.05, 0.1) is 6.54 Å². The van der Waals surface area contributed by atoms with Crippen molar-refractivity contribution in [2.24, 2.45) is 0 Å². The molecule has 3 nitrogen and oxygen atoms in total. The SMILES string of the molecule is Oc1ccc(CCNC2CCN(CC(F)(F)F)CC2)cc1. The van der Waals surface area contributed by atoms with Gasteiger partial charge in [0, 0.05) is 6.04 Å². The fourth-order valence-corrected chi connectivity index (χ4v) is 2.63. The Hall–Kier alpha value is -1.27. The van der Waals surface area contributed by atoms with E-state index < -0.39 is 12.7 Å². The van der Waals surface area contributed by atoms with Gasteiger partial charge in [0.1, 0.15) is 5.75 Å². The Morgan fingerprint density at radius 2 is 1.76 bits per heavy atom. The predicted octanol–water partition coefficient (Wildman–Crippen LogP) is 2.55. The molecule has 1 saturated heterocycles. The summed E-state index contributed by atoms with van der Waals surface area (Å²) in [6.45, 7) is 0.995. The Bertz CT molecular complexity index is 426. The molecule has 6 heteroatoms. The van der Waals surface area contributed by atoms with Crippen LogP contribution in [0.4, 0.5) is 13.2 Å². The Morgan fingerprint density at radius 1 is 1.14 bits per heavy atom. The summed E-state index contributed by atoms with van der Waals surface area (Å²) in [4.78, 5) is 1.47. The van der Waals surface area contributed by atoms with E-state index in [1.54, 1.807) is 12.1 Å². The highest BCUT2D eigenvalue weighted by Crippen LogP contribution is 2.19. The Labute approximate surface area is 122 Å². The largest absolute Gasteiger partial charge is 0.508 e. The number of hydrogen-bond donors (Lipinski definition) is 2. The molecule has 0 saturated carbocycles. The summed E-state index contributed by atoms with van der Waals surface area (Å²) in [6, 6.07) is 7.37. The van der Waals surface area contributed by atoms with Crippen molar-refractivity contribution in [2.45, 2.75) is 31.5 Å². The van der Waals surface area contributed by atoms with Crippen molar-refractivity contribution >= 4 is 0 Å². The van der Waals surface area contributed by atoms with E-state index in [1.807, 2.05) is 12.1 Å². The van der Waals surface area contributed by atoms with Crippen LogP contribution in [0, 0.1) is 0 Å². The molecule has 0 aliphatic carbocycles. The molecule has 21 heavy (non-hydrogen) atoms. The minimum atomic E-state index is -4.10. The molecule has 0 unspecified atom stereocenters. The fraction of sp³-hybridized carbons (Fsp3) is 0.600. The number of hydrogen-bond acceptors (Lipinski definition) is 3. The summed E-state index contributed by atoms with van der Waals surface area (Å²) in [6.07, 6.45) is -1.74. The topological polar surface area (TPSA) is 35.5 Å². The second-order valence-corrected chi connectivity index (χ2v) is 5.54. The molecule has 1 aromatic rings. The number of benzene rings is 1. The van der Waals surface area contributed by atoms with E-state index in [9.17, 15) is 18.3 Å². The minimum absolute atomic E-state index is 0.253. The summed E-state index contributed by atoms with van der Waals surface area (Å²) in [5, 5.41) is 12.6. The van der Waals surface area contributed by atoms with Crippen LogP contribution in [0.25, 0.3) is 0 Å². The number of nitrogens with one attached hydrogen (secondary N) is 1. The fourth-order valence-electron chi connectivity index (χ4n) is 2.63. The molecule has 0 aromatic heterocycles. The van der Waals surface area contributed by atoms with Gasteiger partial charge in [-0.3, -0.25) is 4.90 Å². The number of halogens is 3. The van der Waals surface area contributed by atoms with Crippen molar-refractivity contribution in [3.05, 3.63) is 29.8 Å². The van der Waals surface area contributed by atoms with Crippen LogP contribution < -0.4 is 5.32 Å². The first-order valence-electron chi connectivity index (χ1n) is 7.23. The van der Waals surface area contributed by atoms with Gasteiger partial charge in [0.15, 0.2) is 0 Å². The molecule has 1 aliphatic heterocycles. The molecular weight excluding hydrogens is 281 g/mol. The van der Waals surface area contributed by atoms with Crippen LogP contribution in [-0.4, -0.2) is 48.4 Å². The standard InChI is InChI=1S/C15H21F3N2O/c16-15(17,18)11-20-9-6-13(7-10-20)19-8-5-12-1-3-14(21)4-2-12/h1-4,13,19,21H,5-11H2. The number of piperidine rings is 1. The maximum Gasteiger partial charge on any atom is 0.401 e. The van der Waals surface area contributed by atoms with Gasteiger partial charge in [0.2, 0.25) is 0 Å². The third kappa shape index (κ3) is 5.93. The minimum Gasteiger partial charge on any atom is -0.508 e. The van der Waals surface area contributed by atoms with E-state index in [0.717, 1.165) is 31.4 Å². The van der Waals surface area contributed by atoms with Gasteiger partial charge >= 0.3 is 6.18 Å². The third-order valence-corrected chi connectivity index (χ3v) is 3.77. The van der Waals surface area contributed by atoms with Gasteiger partial charge in [0.25, 0.3) is 0 Å². The van der Waals surface area contributed by atoms with Crippen LogP contribution in [0.15, 0.2) is 24.3 Å². The van der Waals surface area contributed by atoms with Crippen molar-refractivity contribution in [2.75, 3.05) is 26.2 Å². The lowest BCUT2D eigenvalue weighted by Gasteiger charge is -2.32. The molecule has 1 aromatic carbocycles. The molecule has 1 fully saturated rings. The summed E-state index contributed by atoms with van der Waals surface area (Å²) < 4.78 is 36.8. The van der Waals surface area contributed by atoms with E-state index in [4.69, 9.17) is 0 Å². The highest BCUT2D eigenvalue weighted by Gasteiger charge is 2.32. The second kappa shape index (κ2) is 7.13. The molecule has 0 spiro atoms. The van der Waals surface area contributed by atoms with Crippen LogP contribution in [0.3, 0.4) is 0 Å². The smallest absolute Gasteiger partial charge is 0.401 e. The van der Waals surface area contributed by atoms with Crippen LogP contribution in [0.5, 0.6) is 5.75 Å². The molecule has 0 radical (unpaired) electrons. The van der Waals surface area contributed by atoms with E-state index in [-0.39, 0.29) is 5.75 Å².